The number of nitrogen functional groups attached to an aromatic ring is 1. The molecule has 102 valence electrons. The van der Waals surface area contributed by atoms with Crippen molar-refractivity contribution >= 4 is 15.7 Å². The fourth-order valence-corrected chi connectivity index (χ4v) is 2.64. The molecule has 1 aromatic carbocycles. The zero-order valence-corrected chi connectivity index (χ0v) is 11.1. The monoisotopic (exact) mass is 276 g/mol. The summed E-state index contributed by atoms with van der Waals surface area (Å²) in [4.78, 5) is -0.258. The Balaban J connectivity index is 2.83. The molecule has 1 unspecified atom stereocenters. The molecule has 7 heteroatoms. The van der Waals surface area contributed by atoms with Crippen LogP contribution in [0.1, 0.15) is 13.8 Å². The van der Waals surface area contributed by atoms with E-state index in [0.29, 0.717) is 6.61 Å². The minimum Gasteiger partial charge on any atom is -0.398 e. The van der Waals surface area contributed by atoms with E-state index in [0.717, 1.165) is 12.1 Å². The fraction of sp³-hybridized carbons (Fsp3) is 0.455. The standard InChI is InChI=1S/C11H17FN2O3S/c1-3-17-8(2)7-14-18(15,16)11-6-9(12)4-5-10(11)13/h4-6,8,14H,3,7,13H2,1-2H3. The third-order valence-corrected chi connectivity index (χ3v) is 3.76. The molecule has 18 heavy (non-hydrogen) atoms. The van der Waals surface area contributed by atoms with E-state index in [1.54, 1.807) is 6.92 Å². The van der Waals surface area contributed by atoms with Crippen LogP contribution in [-0.2, 0) is 14.8 Å². The summed E-state index contributed by atoms with van der Waals surface area (Å²) in [5, 5.41) is 0. The van der Waals surface area contributed by atoms with Gasteiger partial charge in [-0.1, -0.05) is 0 Å². The van der Waals surface area contributed by atoms with E-state index >= 15 is 0 Å². The van der Waals surface area contributed by atoms with E-state index < -0.39 is 15.8 Å². The number of rotatable bonds is 6. The first-order chi connectivity index (χ1) is 8.36. The quantitative estimate of drug-likeness (QED) is 0.763. The highest BCUT2D eigenvalue weighted by Crippen LogP contribution is 2.18. The van der Waals surface area contributed by atoms with Crippen LogP contribution >= 0.6 is 0 Å². The second-order valence-electron chi connectivity index (χ2n) is 3.80. The number of sulfonamides is 1. The first kappa shape index (κ1) is 14.9. The van der Waals surface area contributed by atoms with Crippen molar-refractivity contribution in [1.82, 2.24) is 4.72 Å². The van der Waals surface area contributed by atoms with Crippen LogP contribution in [0, 0.1) is 5.82 Å². The molecule has 1 aromatic rings. The largest absolute Gasteiger partial charge is 0.398 e. The maximum atomic E-state index is 13.0. The van der Waals surface area contributed by atoms with E-state index in [1.165, 1.54) is 6.07 Å². The van der Waals surface area contributed by atoms with Crippen molar-refractivity contribution < 1.29 is 17.5 Å². The minimum atomic E-state index is -3.82. The molecule has 0 aliphatic carbocycles. The molecule has 0 spiro atoms. The lowest BCUT2D eigenvalue weighted by Crippen LogP contribution is -2.32. The van der Waals surface area contributed by atoms with Gasteiger partial charge in [0, 0.05) is 13.2 Å². The van der Waals surface area contributed by atoms with E-state index in [-0.39, 0.29) is 23.2 Å². The van der Waals surface area contributed by atoms with Crippen LogP contribution in [0.5, 0.6) is 0 Å². The minimum absolute atomic E-state index is 0.00737. The van der Waals surface area contributed by atoms with Gasteiger partial charge in [-0.05, 0) is 32.0 Å². The summed E-state index contributed by atoms with van der Waals surface area (Å²) in [5.41, 5.74) is 5.53. The molecule has 0 heterocycles. The Hall–Kier alpha value is -1.18. The van der Waals surface area contributed by atoms with Gasteiger partial charge in [0.2, 0.25) is 10.0 Å². The predicted octanol–water partition coefficient (Wildman–Crippen LogP) is 1.11. The van der Waals surface area contributed by atoms with Gasteiger partial charge in [0.1, 0.15) is 10.7 Å². The highest BCUT2D eigenvalue weighted by atomic mass is 32.2. The van der Waals surface area contributed by atoms with Gasteiger partial charge in [0.05, 0.1) is 11.8 Å². The lowest BCUT2D eigenvalue weighted by Gasteiger charge is -2.13. The lowest BCUT2D eigenvalue weighted by molar-refractivity contribution is 0.0799. The van der Waals surface area contributed by atoms with Crippen LogP contribution in [0.2, 0.25) is 0 Å². The molecule has 1 rings (SSSR count). The van der Waals surface area contributed by atoms with Crippen LogP contribution in [-0.4, -0.2) is 27.7 Å². The van der Waals surface area contributed by atoms with Crippen molar-refractivity contribution in [2.24, 2.45) is 0 Å². The van der Waals surface area contributed by atoms with Gasteiger partial charge in [0.25, 0.3) is 0 Å². The molecule has 1 atom stereocenters. The molecule has 0 fully saturated rings. The van der Waals surface area contributed by atoms with E-state index in [1.807, 2.05) is 6.92 Å². The Morgan fingerprint density at radius 2 is 2.17 bits per heavy atom. The van der Waals surface area contributed by atoms with Crippen molar-refractivity contribution in [3.05, 3.63) is 24.0 Å². The third-order valence-electron chi connectivity index (χ3n) is 2.28. The van der Waals surface area contributed by atoms with Crippen LogP contribution in [0.25, 0.3) is 0 Å². The molecule has 5 nitrogen and oxygen atoms in total. The highest BCUT2D eigenvalue weighted by molar-refractivity contribution is 7.89. The summed E-state index contributed by atoms with van der Waals surface area (Å²) in [6.45, 7) is 4.15. The number of hydrogen-bond acceptors (Lipinski definition) is 4. The summed E-state index contributed by atoms with van der Waals surface area (Å²) < 4.78 is 44.3. The Morgan fingerprint density at radius 1 is 1.50 bits per heavy atom. The summed E-state index contributed by atoms with van der Waals surface area (Å²) >= 11 is 0. The average molecular weight is 276 g/mol. The number of nitrogens with one attached hydrogen (secondary N) is 1. The number of halogens is 1. The van der Waals surface area contributed by atoms with Gasteiger partial charge in [-0.25, -0.2) is 17.5 Å². The maximum Gasteiger partial charge on any atom is 0.242 e. The van der Waals surface area contributed by atoms with Crippen molar-refractivity contribution in [1.29, 1.82) is 0 Å². The van der Waals surface area contributed by atoms with Crippen molar-refractivity contribution in [2.75, 3.05) is 18.9 Å². The number of nitrogens with two attached hydrogens (primary N) is 1. The van der Waals surface area contributed by atoms with Gasteiger partial charge in [-0.15, -0.1) is 0 Å². The van der Waals surface area contributed by atoms with Crippen LogP contribution in [0.4, 0.5) is 10.1 Å². The number of hydrogen-bond donors (Lipinski definition) is 2. The molecule has 3 N–H and O–H groups in total. The second kappa shape index (κ2) is 6.12. The zero-order valence-electron chi connectivity index (χ0n) is 10.3. The molecule has 0 saturated carbocycles. The Morgan fingerprint density at radius 3 is 2.78 bits per heavy atom. The molecule has 0 aliphatic rings. The molecule has 0 saturated heterocycles. The fourth-order valence-electron chi connectivity index (χ4n) is 1.39. The molecule has 0 aromatic heterocycles. The Bertz CT molecular complexity index is 505. The second-order valence-corrected chi connectivity index (χ2v) is 5.54. The van der Waals surface area contributed by atoms with E-state index in [2.05, 4.69) is 4.72 Å². The normalized spacial score (nSPS) is 13.5. The summed E-state index contributed by atoms with van der Waals surface area (Å²) in [7, 11) is -3.82. The van der Waals surface area contributed by atoms with Crippen molar-refractivity contribution in [3.8, 4) is 0 Å². The Labute approximate surface area is 106 Å². The maximum absolute atomic E-state index is 13.0. The topological polar surface area (TPSA) is 81.4 Å². The SMILES string of the molecule is CCOC(C)CNS(=O)(=O)c1cc(F)ccc1N. The van der Waals surface area contributed by atoms with Crippen LogP contribution < -0.4 is 10.5 Å². The number of anilines is 1. The summed E-state index contributed by atoms with van der Waals surface area (Å²) in [6.07, 6.45) is -0.264. The van der Waals surface area contributed by atoms with Crippen molar-refractivity contribution in [3.63, 3.8) is 0 Å². The number of ether oxygens (including phenoxy) is 1. The van der Waals surface area contributed by atoms with Gasteiger partial charge < -0.3 is 10.5 Å². The lowest BCUT2D eigenvalue weighted by atomic mass is 10.3. The van der Waals surface area contributed by atoms with Crippen LogP contribution in [0.15, 0.2) is 23.1 Å². The summed E-state index contributed by atoms with van der Waals surface area (Å²) in [5.74, 6) is -0.651. The Kier molecular flexibility index (Phi) is 5.06. The molecule has 0 amide bonds. The highest BCUT2D eigenvalue weighted by Gasteiger charge is 2.18. The van der Waals surface area contributed by atoms with E-state index in [4.69, 9.17) is 10.5 Å². The van der Waals surface area contributed by atoms with E-state index in [9.17, 15) is 12.8 Å². The molecular weight excluding hydrogens is 259 g/mol. The zero-order chi connectivity index (χ0) is 13.8. The van der Waals surface area contributed by atoms with Crippen LogP contribution in [0.3, 0.4) is 0 Å². The molecular formula is C11H17FN2O3S. The third kappa shape index (κ3) is 3.94. The van der Waals surface area contributed by atoms with Gasteiger partial charge in [-0.2, -0.15) is 0 Å². The average Bonchev–Trinajstić information content (AvgIpc) is 2.30. The first-order valence-electron chi connectivity index (χ1n) is 5.53. The van der Waals surface area contributed by atoms with Crippen molar-refractivity contribution in [2.45, 2.75) is 24.8 Å². The van der Waals surface area contributed by atoms with Gasteiger partial charge in [-0.3, -0.25) is 0 Å². The molecule has 0 aliphatic heterocycles. The number of benzene rings is 1. The predicted molar refractivity (Wildman–Crippen MR) is 67.1 cm³/mol. The molecule has 0 bridgehead atoms. The molecule has 0 radical (unpaired) electrons. The summed E-state index contributed by atoms with van der Waals surface area (Å²) in [6, 6.07) is 3.22. The van der Waals surface area contributed by atoms with Gasteiger partial charge >= 0.3 is 0 Å². The smallest absolute Gasteiger partial charge is 0.242 e. The van der Waals surface area contributed by atoms with Gasteiger partial charge in [0.15, 0.2) is 0 Å². The first-order valence-corrected chi connectivity index (χ1v) is 7.01.